The molecule has 1 fully saturated rings. The smallest absolute Gasteiger partial charge is 0.251 e. The Bertz CT molecular complexity index is 1220. The van der Waals surface area contributed by atoms with Crippen molar-refractivity contribution >= 4 is 15.9 Å². The minimum Gasteiger partial charge on any atom is -0.352 e. The lowest BCUT2D eigenvalue weighted by Gasteiger charge is -2.32. The summed E-state index contributed by atoms with van der Waals surface area (Å²) in [5.74, 6) is -0.202. The molecule has 1 aliphatic rings. The molecular weight excluding hydrogens is 448 g/mol. The number of para-hydroxylation sites is 1. The number of rotatable bonds is 8. The number of carbonyl (C=O) groups excluding carboxylic acids is 1. The van der Waals surface area contributed by atoms with Crippen LogP contribution in [0.25, 0.3) is 5.69 Å². The van der Waals surface area contributed by atoms with Gasteiger partial charge in [-0.1, -0.05) is 24.6 Å². The van der Waals surface area contributed by atoms with Crippen molar-refractivity contribution in [1.29, 1.82) is 0 Å². The molecule has 1 amide bonds. The summed E-state index contributed by atoms with van der Waals surface area (Å²) in [6, 6.07) is 16.2. The fourth-order valence-electron chi connectivity index (χ4n) is 4.38. The number of carbonyl (C=O) groups is 1. The average molecular weight is 481 g/mol. The lowest BCUT2D eigenvalue weighted by atomic mass is 10.1. The Labute approximate surface area is 201 Å². The van der Waals surface area contributed by atoms with E-state index in [4.69, 9.17) is 0 Å². The lowest BCUT2D eigenvalue weighted by Crippen LogP contribution is -2.41. The maximum absolute atomic E-state index is 13.0. The number of nitrogens with one attached hydrogen (secondary N) is 1. The van der Waals surface area contributed by atoms with E-state index in [1.807, 2.05) is 55.1 Å². The Hall–Kier alpha value is -2.97. The van der Waals surface area contributed by atoms with Gasteiger partial charge in [0, 0.05) is 30.9 Å². The molecule has 0 radical (unpaired) electrons. The first-order valence-corrected chi connectivity index (χ1v) is 13.3. The molecule has 0 spiro atoms. The third-order valence-electron chi connectivity index (χ3n) is 6.39. The van der Waals surface area contributed by atoms with Gasteiger partial charge in [0.2, 0.25) is 10.0 Å². The summed E-state index contributed by atoms with van der Waals surface area (Å²) in [5, 5.41) is 7.52. The van der Waals surface area contributed by atoms with Crippen LogP contribution in [0.5, 0.6) is 0 Å². The summed E-state index contributed by atoms with van der Waals surface area (Å²) >= 11 is 0. The summed E-state index contributed by atoms with van der Waals surface area (Å²) in [6.45, 7) is 5.02. The van der Waals surface area contributed by atoms with Crippen molar-refractivity contribution in [3.8, 4) is 5.69 Å². The van der Waals surface area contributed by atoms with Gasteiger partial charge in [-0.3, -0.25) is 4.79 Å². The fourth-order valence-corrected chi connectivity index (χ4v) is 6.08. The second-order valence-electron chi connectivity index (χ2n) is 8.86. The van der Waals surface area contributed by atoms with E-state index >= 15 is 0 Å². The van der Waals surface area contributed by atoms with Crippen molar-refractivity contribution in [2.75, 3.05) is 13.1 Å². The number of sulfonamides is 1. The molecule has 1 N–H and O–H groups in total. The predicted octanol–water partition coefficient (Wildman–Crippen LogP) is 4.11. The summed E-state index contributed by atoms with van der Waals surface area (Å²) in [5.41, 5.74) is 3.61. The van der Waals surface area contributed by atoms with Crippen molar-refractivity contribution in [2.24, 2.45) is 0 Å². The molecule has 1 unspecified atom stereocenters. The number of hydrogen-bond acceptors (Lipinski definition) is 4. The van der Waals surface area contributed by atoms with Gasteiger partial charge in [0.15, 0.2) is 0 Å². The molecule has 0 bridgehead atoms. The van der Waals surface area contributed by atoms with E-state index in [0.29, 0.717) is 18.7 Å². The molecule has 1 aromatic heterocycles. The standard InChI is InChI=1S/C26H32N4O3S/c1-20-9-6-7-18-30(20)34(32,33)25-15-13-22(14-16-25)26(31)27-17-8-10-23-19-29(28-21(23)2)24-11-4-3-5-12-24/h3-5,11-16,19-20H,6-10,17-18H2,1-2H3,(H,27,31). The molecule has 0 saturated carbocycles. The normalized spacial score (nSPS) is 16.9. The molecular formula is C26H32N4O3S. The third-order valence-corrected chi connectivity index (χ3v) is 8.42. The van der Waals surface area contributed by atoms with Gasteiger partial charge < -0.3 is 5.32 Å². The molecule has 4 rings (SSSR count). The van der Waals surface area contributed by atoms with Gasteiger partial charge in [-0.15, -0.1) is 0 Å². The van der Waals surface area contributed by atoms with Crippen molar-refractivity contribution in [3.05, 3.63) is 77.6 Å². The second-order valence-corrected chi connectivity index (χ2v) is 10.8. The predicted molar refractivity (Wildman–Crippen MR) is 133 cm³/mol. The Balaban J connectivity index is 1.30. The van der Waals surface area contributed by atoms with Crippen molar-refractivity contribution < 1.29 is 13.2 Å². The third kappa shape index (κ3) is 5.39. The summed E-state index contributed by atoms with van der Waals surface area (Å²) in [7, 11) is -3.53. The highest BCUT2D eigenvalue weighted by molar-refractivity contribution is 7.89. The fraction of sp³-hybridized carbons (Fsp3) is 0.385. The zero-order valence-corrected chi connectivity index (χ0v) is 20.6. The molecule has 34 heavy (non-hydrogen) atoms. The number of aryl methyl sites for hydroxylation is 2. The maximum Gasteiger partial charge on any atom is 0.251 e. The first kappa shape index (κ1) is 24.2. The van der Waals surface area contributed by atoms with Gasteiger partial charge in [-0.05, 0) is 81.5 Å². The number of hydrogen-bond donors (Lipinski definition) is 1. The summed E-state index contributed by atoms with van der Waals surface area (Å²) in [4.78, 5) is 12.8. The van der Waals surface area contributed by atoms with E-state index in [2.05, 4.69) is 10.4 Å². The quantitative estimate of drug-likeness (QED) is 0.492. The molecule has 0 aliphatic carbocycles. The molecule has 1 saturated heterocycles. The summed E-state index contributed by atoms with van der Waals surface area (Å²) < 4.78 is 29.4. The van der Waals surface area contributed by atoms with Gasteiger partial charge in [0.25, 0.3) is 5.91 Å². The van der Waals surface area contributed by atoms with Crippen molar-refractivity contribution in [3.63, 3.8) is 0 Å². The molecule has 3 aromatic rings. The first-order chi connectivity index (χ1) is 16.4. The van der Waals surface area contributed by atoms with Gasteiger partial charge in [-0.2, -0.15) is 9.40 Å². The van der Waals surface area contributed by atoms with E-state index in [1.165, 1.54) is 12.1 Å². The minimum atomic E-state index is -3.53. The molecule has 2 heterocycles. The van der Waals surface area contributed by atoms with Crippen LogP contribution in [-0.4, -0.2) is 47.5 Å². The van der Waals surface area contributed by atoms with E-state index in [9.17, 15) is 13.2 Å². The number of aromatic nitrogens is 2. The number of piperidine rings is 1. The average Bonchev–Trinajstić information content (AvgIpc) is 3.23. The van der Waals surface area contributed by atoms with Gasteiger partial charge in [0.1, 0.15) is 0 Å². The topological polar surface area (TPSA) is 84.3 Å². The number of nitrogens with zero attached hydrogens (tertiary/aromatic N) is 3. The SMILES string of the molecule is Cc1nn(-c2ccccc2)cc1CCCNC(=O)c1ccc(S(=O)(=O)N2CCCCC2C)cc1. The maximum atomic E-state index is 13.0. The second kappa shape index (κ2) is 10.5. The molecule has 2 aromatic carbocycles. The summed E-state index contributed by atoms with van der Waals surface area (Å²) in [6.07, 6.45) is 6.45. The van der Waals surface area contributed by atoms with Crippen LogP contribution in [0.4, 0.5) is 0 Å². The van der Waals surface area contributed by atoms with Crippen LogP contribution in [0, 0.1) is 6.92 Å². The van der Waals surface area contributed by atoms with Crippen LogP contribution in [-0.2, 0) is 16.4 Å². The first-order valence-electron chi connectivity index (χ1n) is 11.9. The minimum absolute atomic E-state index is 0.00478. The Kier molecular flexibility index (Phi) is 7.48. The molecule has 1 aliphatic heterocycles. The molecule has 8 heteroatoms. The molecule has 180 valence electrons. The Morgan fingerprint density at radius 1 is 1.09 bits per heavy atom. The van der Waals surface area contributed by atoms with E-state index in [0.717, 1.165) is 49.0 Å². The highest BCUT2D eigenvalue weighted by Gasteiger charge is 2.30. The van der Waals surface area contributed by atoms with Crippen LogP contribution >= 0.6 is 0 Å². The Morgan fingerprint density at radius 3 is 2.53 bits per heavy atom. The monoisotopic (exact) mass is 480 g/mol. The van der Waals surface area contributed by atoms with Crippen LogP contribution in [0.2, 0.25) is 0 Å². The van der Waals surface area contributed by atoms with Crippen molar-refractivity contribution in [1.82, 2.24) is 19.4 Å². The zero-order chi connectivity index (χ0) is 24.1. The molecule has 1 atom stereocenters. The number of amides is 1. The highest BCUT2D eigenvalue weighted by atomic mass is 32.2. The van der Waals surface area contributed by atoms with Crippen LogP contribution in [0.1, 0.15) is 54.2 Å². The van der Waals surface area contributed by atoms with Crippen LogP contribution < -0.4 is 5.32 Å². The van der Waals surface area contributed by atoms with Gasteiger partial charge >= 0.3 is 0 Å². The van der Waals surface area contributed by atoms with Crippen LogP contribution in [0.3, 0.4) is 0 Å². The van der Waals surface area contributed by atoms with E-state index in [-0.39, 0.29) is 16.8 Å². The number of benzene rings is 2. The van der Waals surface area contributed by atoms with E-state index < -0.39 is 10.0 Å². The van der Waals surface area contributed by atoms with Gasteiger partial charge in [-0.25, -0.2) is 13.1 Å². The zero-order valence-electron chi connectivity index (χ0n) is 19.8. The Morgan fingerprint density at radius 2 is 1.82 bits per heavy atom. The van der Waals surface area contributed by atoms with Gasteiger partial charge in [0.05, 0.1) is 16.3 Å². The largest absolute Gasteiger partial charge is 0.352 e. The molecule has 7 nitrogen and oxygen atoms in total. The lowest BCUT2D eigenvalue weighted by molar-refractivity contribution is 0.0953. The highest BCUT2D eigenvalue weighted by Crippen LogP contribution is 2.25. The van der Waals surface area contributed by atoms with Crippen LogP contribution in [0.15, 0.2) is 65.7 Å². The van der Waals surface area contributed by atoms with E-state index in [1.54, 1.807) is 16.4 Å². The van der Waals surface area contributed by atoms with Crippen molar-refractivity contribution in [2.45, 2.75) is 56.9 Å².